The van der Waals surface area contributed by atoms with E-state index in [4.69, 9.17) is 5.84 Å². The Bertz CT molecular complexity index is 455. The molecule has 19 heavy (non-hydrogen) atoms. The van der Waals surface area contributed by atoms with Crippen molar-refractivity contribution in [3.8, 4) is 0 Å². The molecule has 1 aliphatic rings. The maximum atomic E-state index is 12.2. The van der Waals surface area contributed by atoms with Gasteiger partial charge < -0.3 is 10.7 Å². The Morgan fingerprint density at radius 2 is 2.11 bits per heavy atom. The molecule has 1 atom stereocenters. The minimum atomic E-state index is -0.0543. The summed E-state index contributed by atoms with van der Waals surface area (Å²) in [7, 11) is 0. The number of carbonyl (C=O) groups is 1. The van der Waals surface area contributed by atoms with Crippen LogP contribution in [0.3, 0.4) is 0 Å². The Hall–Kier alpha value is -1.62. The molecule has 0 radical (unpaired) electrons. The van der Waals surface area contributed by atoms with Crippen molar-refractivity contribution in [2.75, 3.05) is 5.43 Å². The van der Waals surface area contributed by atoms with Crippen molar-refractivity contribution in [1.29, 1.82) is 0 Å². The van der Waals surface area contributed by atoms with E-state index in [9.17, 15) is 4.79 Å². The van der Waals surface area contributed by atoms with Crippen LogP contribution in [0.1, 0.15) is 48.7 Å². The van der Waals surface area contributed by atoms with Crippen LogP contribution in [0.4, 0.5) is 5.82 Å². The van der Waals surface area contributed by atoms with Crippen LogP contribution in [0.25, 0.3) is 0 Å². The quantitative estimate of drug-likeness (QED) is 0.572. The summed E-state index contributed by atoms with van der Waals surface area (Å²) >= 11 is 0. The van der Waals surface area contributed by atoms with E-state index in [1.165, 1.54) is 25.7 Å². The maximum absolute atomic E-state index is 12.2. The second kappa shape index (κ2) is 6.02. The lowest BCUT2D eigenvalue weighted by atomic mass is 9.99. The Balaban J connectivity index is 2.04. The Labute approximate surface area is 114 Å². The summed E-state index contributed by atoms with van der Waals surface area (Å²) in [6, 6.07) is 3.67. The van der Waals surface area contributed by atoms with Crippen molar-refractivity contribution in [3.05, 3.63) is 23.4 Å². The van der Waals surface area contributed by atoms with Crippen LogP contribution in [-0.2, 0) is 0 Å². The zero-order valence-electron chi connectivity index (χ0n) is 11.6. The van der Waals surface area contributed by atoms with Gasteiger partial charge in [-0.25, -0.2) is 10.8 Å². The van der Waals surface area contributed by atoms with Gasteiger partial charge in [0.2, 0.25) is 0 Å². The van der Waals surface area contributed by atoms with E-state index in [1.54, 1.807) is 12.1 Å². The van der Waals surface area contributed by atoms with E-state index in [1.807, 2.05) is 6.92 Å². The zero-order chi connectivity index (χ0) is 13.8. The van der Waals surface area contributed by atoms with Crippen molar-refractivity contribution in [3.63, 3.8) is 0 Å². The van der Waals surface area contributed by atoms with Gasteiger partial charge in [0.05, 0.1) is 0 Å². The molecule has 2 rings (SSSR count). The molecule has 1 unspecified atom stereocenters. The van der Waals surface area contributed by atoms with Crippen molar-refractivity contribution in [2.45, 2.75) is 45.6 Å². The number of nitrogens with two attached hydrogens (primary N) is 1. The standard InChI is InChI=1S/C14H22N4O/c1-9-7-12(8-13(16-9)18-15)14(19)17-10(2)11-5-3-4-6-11/h7-8,10-11H,3-6,15H2,1-2H3,(H,16,18)(H,17,19). The van der Waals surface area contributed by atoms with Crippen LogP contribution >= 0.6 is 0 Å². The van der Waals surface area contributed by atoms with Crippen molar-refractivity contribution in [2.24, 2.45) is 11.8 Å². The summed E-state index contributed by atoms with van der Waals surface area (Å²) in [6.07, 6.45) is 4.99. The van der Waals surface area contributed by atoms with E-state index in [-0.39, 0.29) is 11.9 Å². The van der Waals surface area contributed by atoms with Crippen molar-refractivity contribution in [1.82, 2.24) is 10.3 Å². The average molecular weight is 262 g/mol. The molecule has 5 nitrogen and oxygen atoms in total. The van der Waals surface area contributed by atoms with E-state index in [0.29, 0.717) is 17.3 Å². The molecule has 0 spiro atoms. The predicted molar refractivity (Wildman–Crippen MR) is 75.7 cm³/mol. The molecule has 1 saturated carbocycles. The van der Waals surface area contributed by atoms with Crippen molar-refractivity contribution >= 4 is 11.7 Å². The minimum Gasteiger partial charge on any atom is -0.349 e. The van der Waals surface area contributed by atoms with E-state index in [2.05, 4.69) is 22.7 Å². The second-order valence-corrected chi connectivity index (χ2v) is 5.33. The first kappa shape index (κ1) is 13.8. The zero-order valence-corrected chi connectivity index (χ0v) is 11.6. The number of rotatable bonds is 4. The lowest BCUT2D eigenvalue weighted by Gasteiger charge is -2.20. The van der Waals surface area contributed by atoms with E-state index >= 15 is 0 Å². The SMILES string of the molecule is Cc1cc(C(=O)NC(C)C2CCCC2)cc(NN)n1. The third-order valence-corrected chi connectivity index (χ3v) is 3.83. The van der Waals surface area contributed by atoms with Crippen LogP contribution < -0.4 is 16.6 Å². The highest BCUT2D eigenvalue weighted by molar-refractivity contribution is 5.95. The number of amides is 1. The fourth-order valence-electron chi connectivity index (χ4n) is 2.74. The molecular formula is C14H22N4O. The molecule has 1 fully saturated rings. The topological polar surface area (TPSA) is 80.0 Å². The molecule has 0 aliphatic heterocycles. The van der Waals surface area contributed by atoms with Crippen LogP contribution in [0.15, 0.2) is 12.1 Å². The lowest BCUT2D eigenvalue weighted by Crippen LogP contribution is -2.37. The van der Waals surface area contributed by atoms with Gasteiger partial charge in [-0.2, -0.15) is 0 Å². The molecule has 104 valence electrons. The van der Waals surface area contributed by atoms with E-state index in [0.717, 1.165) is 5.69 Å². The number of anilines is 1. The third kappa shape index (κ3) is 3.44. The Morgan fingerprint density at radius 3 is 2.74 bits per heavy atom. The molecular weight excluding hydrogens is 240 g/mol. The summed E-state index contributed by atoms with van der Waals surface area (Å²) in [5, 5.41) is 3.08. The van der Waals surface area contributed by atoms with Gasteiger partial charge in [-0.15, -0.1) is 0 Å². The van der Waals surface area contributed by atoms with Crippen LogP contribution in [0.5, 0.6) is 0 Å². The highest BCUT2D eigenvalue weighted by Crippen LogP contribution is 2.27. The fourth-order valence-corrected chi connectivity index (χ4v) is 2.74. The van der Waals surface area contributed by atoms with Gasteiger partial charge in [-0.05, 0) is 44.7 Å². The predicted octanol–water partition coefficient (Wildman–Crippen LogP) is 1.98. The molecule has 1 amide bonds. The Morgan fingerprint density at radius 1 is 1.42 bits per heavy atom. The van der Waals surface area contributed by atoms with Gasteiger partial charge in [-0.3, -0.25) is 4.79 Å². The number of carbonyl (C=O) groups excluding carboxylic acids is 1. The molecule has 5 heteroatoms. The summed E-state index contributed by atoms with van der Waals surface area (Å²) in [4.78, 5) is 16.4. The smallest absolute Gasteiger partial charge is 0.251 e. The summed E-state index contributed by atoms with van der Waals surface area (Å²) in [5.74, 6) is 6.41. The first-order valence-corrected chi connectivity index (χ1v) is 6.86. The van der Waals surface area contributed by atoms with Gasteiger partial charge in [0, 0.05) is 17.3 Å². The molecule has 0 saturated heterocycles. The van der Waals surface area contributed by atoms with Crippen LogP contribution in [0, 0.1) is 12.8 Å². The second-order valence-electron chi connectivity index (χ2n) is 5.33. The molecule has 1 aromatic rings. The maximum Gasteiger partial charge on any atom is 0.251 e. The fraction of sp³-hybridized carbons (Fsp3) is 0.571. The number of nitrogens with zero attached hydrogens (tertiary/aromatic N) is 1. The Kier molecular flexibility index (Phi) is 4.37. The molecule has 4 N–H and O–H groups in total. The van der Waals surface area contributed by atoms with Gasteiger partial charge in [0.1, 0.15) is 5.82 Å². The number of aryl methyl sites for hydroxylation is 1. The molecule has 1 heterocycles. The lowest BCUT2D eigenvalue weighted by molar-refractivity contribution is 0.0927. The van der Waals surface area contributed by atoms with Crippen LogP contribution in [-0.4, -0.2) is 16.9 Å². The minimum absolute atomic E-state index is 0.0543. The summed E-state index contributed by atoms with van der Waals surface area (Å²) in [6.45, 7) is 3.93. The summed E-state index contributed by atoms with van der Waals surface area (Å²) in [5.41, 5.74) is 3.85. The molecule has 1 aromatic heterocycles. The third-order valence-electron chi connectivity index (χ3n) is 3.83. The van der Waals surface area contributed by atoms with E-state index < -0.39 is 0 Å². The summed E-state index contributed by atoms with van der Waals surface area (Å²) < 4.78 is 0. The number of hydrazine groups is 1. The van der Waals surface area contributed by atoms with Crippen molar-refractivity contribution < 1.29 is 4.79 Å². The van der Waals surface area contributed by atoms with Gasteiger partial charge >= 0.3 is 0 Å². The average Bonchev–Trinajstić information content (AvgIpc) is 2.91. The first-order chi connectivity index (χ1) is 9.10. The molecule has 0 aromatic carbocycles. The van der Waals surface area contributed by atoms with Gasteiger partial charge in [0.25, 0.3) is 5.91 Å². The van der Waals surface area contributed by atoms with Gasteiger partial charge in [0.15, 0.2) is 0 Å². The number of nitrogens with one attached hydrogen (secondary N) is 2. The number of nitrogen functional groups attached to an aromatic ring is 1. The number of pyridine rings is 1. The number of hydrogen-bond acceptors (Lipinski definition) is 4. The highest BCUT2D eigenvalue weighted by atomic mass is 16.1. The number of aromatic nitrogens is 1. The first-order valence-electron chi connectivity index (χ1n) is 6.86. The van der Waals surface area contributed by atoms with Crippen LogP contribution in [0.2, 0.25) is 0 Å². The highest BCUT2D eigenvalue weighted by Gasteiger charge is 2.23. The monoisotopic (exact) mass is 262 g/mol. The molecule has 1 aliphatic carbocycles. The normalized spacial score (nSPS) is 17.2. The largest absolute Gasteiger partial charge is 0.349 e. The molecule has 0 bridgehead atoms. The van der Waals surface area contributed by atoms with Gasteiger partial charge in [-0.1, -0.05) is 12.8 Å². The number of hydrogen-bond donors (Lipinski definition) is 3.